The van der Waals surface area contributed by atoms with E-state index < -0.39 is 0 Å². The molecule has 7 heteroatoms. The van der Waals surface area contributed by atoms with Crippen LogP contribution in [0.3, 0.4) is 0 Å². The third-order valence-electron chi connectivity index (χ3n) is 5.39. The number of piperidine rings is 1. The molecule has 0 unspecified atom stereocenters. The van der Waals surface area contributed by atoms with E-state index in [0.717, 1.165) is 30.0 Å². The summed E-state index contributed by atoms with van der Waals surface area (Å²) >= 11 is 0. The number of benzene rings is 1. The molecule has 1 saturated heterocycles. The highest BCUT2D eigenvalue weighted by Crippen LogP contribution is 2.32. The third kappa shape index (κ3) is 3.29. The Bertz CT molecular complexity index is 842. The molecule has 2 aliphatic heterocycles. The van der Waals surface area contributed by atoms with Crippen molar-refractivity contribution in [2.75, 3.05) is 17.3 Å². The maximum absolute atomic E-state index is 12.3. The molecule has 0 bridgehead atoms. The largest absolute Gasteiger partial charge is 0.497 e. The summed E-state index contributed by atoms with van der Waals surface area (Å²) < 4.78 is 5.21. The Balaban J connectivity index is 1.73. The summed E-state index contributed by atoms with van der Waals surface area (Å²) in [6.45, 7) is 4.87. The van der Waals surface area contributed by atoms with Gasteiger partial charge in [-0.3, -0.25) is 4.79 Å². The summed E-state index contributed by atoms with van der Waals surface area (Å²) in [6.07, 6.45) is 3.48. The van der Waals surface area contributed by atoms with Gasteiger partial charge >= 0.3 is 0 Å². The van der Waals surface area contributed by atoms with Gasteiger partial charge in [0, 0.05) is 17.8 Å². The van der Waals surface area contributed by atoms with Gasteiger partial charge in [-0.2, -0.15) is 4.98 Å². The van der Waals surface area contributed by atoms with Gasteiger partial charge in [0.05, 0.1) is 19.3 Å². The zero-order valence-corrected chi connectivity index (χ0v) is 16.0. The van der Waals surface area contributed by atoms with Crippen LogP contribution in [0.15, 0.2) is 24.3 Å². The lowest BCUT2D eigenvalue weighted by Crippen LogP contribution is -2.45. The zero-order valence-electron chi connectivity index (χ0n) is 16.0. The average molecular weight is 367 g/mol. The molecular weight excluding hydrogens is 342 g/mol. The highest BCUT2D eigenvalue weighted by atomic mass is 16.5. The molecule has 1 amide bonds. The van der Waals surface area contributed by atoms with Gasteiger partial charge in [0.25, 0.3) is 5.91 Å². The van der Waals surface area contributed by atoms with Crippen LogP contribution >= 0.6 is 0 Å². The minimum absolute atomic E-state index is 0.132. The number of fused-ring (bicyclic) bond motifs is 1. The molecule has 4 rings (SSSR count). The van der Waals surface area contributed by atoms with E-state index in [9.17, 15) is 4.79 Å². The Kier molecular flexibility index (Phi) is 4.59. The van der Waals surface area contributed by atoms with Gasteiger partial charge in [-0.1, -0.05) is 0 Å². The van der Waals surface area contributed by atoms with Crippen molar-refractivity contribution in [3.8, 4) is 5.75 Å². The van der Waals surface area contributed by atoms with Crippen LogP contribution in [0.1, 0.15) is 49.2 Å². The van der Waals surface area contributed by atoms with Crippen molar-refractivity contribution in [3.05, 3.63) is 35.5 Å². The first-order valence-corrected chi connectivity index (χ1v) is 9.45. The summed E-state index contributed by atoms with van der Waals surface area (Å²) in [5.74, 6) is 1.90. The van der Waals surface area contributed by atoms with Gasteiger partial charge in [0.15, 0.2) is 0 Å². The maximum Gasteiger partial charge on any atom is 0.257 e. The number of amides is 1. The summed E-state index contributed by atoms with van der Waals surface area (Å²) in [4.78, 5) is 24.1. The number of hydrogen-bond acceptors (Lipinski definition) is 6. The molecule has 0 aliphatic carbocycles. The quantitative estimate of drug-likeness (QED) is 0.864. The molecule has 0 spiro atoms. The number of carbonyl (C=O) groups excluding carboxylic acids is 1. The molecule has 3 heterocycles. The van der Waals surface area contributed by atoms with Gasteiger partial charge in [0.1, 0.15) is 17.1 Å². The first-order valence-electron chi connectivity index (χ1n) is 9.45. The summed E-state index contributed by atoms with van der Waals surface area (Å²) in [5.41, 5.74) is 2.14. The van der Waals surface area contributed by atoms with Gasteiger partial charge in [0.2, 0.25) is 5.95 Å². The van der Waals surface area contributed by atoms with Gasteiger partial charge < -0.3 is 20.3 Å². The second-order valence-electron chi connectivity index (χ2n) is 7.27. The van der Waals surface area contributed by atoms with Crippen molar-refractivity contribution in [2.24, 2.45) is 0 Å². The topological polar surface area (TPSA) is 79.4 Å². The number of ether oxygens (including phenoxy) is 1. The number of nitrogens with zero attached hydrogens (tertiary/aromatic N) is 3. The highest BCUT2D eigenvalue weighted by Gasteiger charge is 2.32. The van der Waals surface area contributed by atoms with Crippen LogP contribution in [0.25, 0.3) is 0 Å². The predicted octanol–water partition coefficient (Wildman–Crippen LogP) is 3.24. The first-order chi connectivity index (χ1) is 13.1. The lowest BCUT2D eigenvalue weighted by Gasteiger charge is -2.39. The Hall–Kier alpha value is -2.83. The number of anilines is 3. The average Bonchev–Trinajstić information content (AvgIpc) is 3.03. The second-order valence-corrected chi connectivity index (χ2v) is 7.27. The summed E-state index contributed by atoms with van der Waals surface area (Å²) in [7, 11) is 1.64. The van der Waals surface area contributed by atoms with Crippen molar-refractivity contribution in [1.82, 2.24) is 15.3 Å². The molecule has 2 N–H and O–H groups in total. The molecule has 2 atom stereocenters. The van der Waals surface area contributed by atoms with E-state index in [1.165, 1.54) is 6.42 Å². The molecule has 1 fully saturated rings. The van der Waals surface area contributed by atoms with Crippen LogP contribution < -0.4 is 20.3 Å². The van der Waals surface area contributed by atoms with Crippen LogP contribution in [0, 0.1) is 0 Å². The summed E-state index contributed by atoms with van der Waals surface area (Å²) in [5, 5.41) is 6.16. The lowest BCUT2D eigenvalue weighted by molar-refractivity contribution is 0.0966. The molecule has 0 radical (unpaired) electrons. The van der Waals surface area contributed by atoms with Gasteiger partial charge in [-0.05, 0) is 57.4 Å². The predicted molar refractivity (Wildman–Crippen MR) is 105 cm³/mol. The number of hydrogen-bond donors (Lipinski definition) is 2. The number of aromatic nitrogens is 2. The second kappa shape index (κ2) is 7.06. The van der Waals surface area contributed by atoms with Crippen LogP contribution in [-0.2, 0) is 6.54 Å². The van der Waals surface area contributed by atoms with Crippen molar-refractivity contribution >= 4 is 23.4 Å². The fourth-order valence-corrected chi connectivity index (χ4v) is 3.95. The SMILES string of the molecule is COc1ccc(Nc2nc(N3[C@H](C)CCC[C@@H]3C)nc3c2C(=O)NC3)cc1. The van der Waals surface area contributed by atoms with Gasteiger partial charge in [-0.25, -0.2) is 4.98 Å². The van der Waals surface area contributed by atoms with Crippen molar-refractivity contribution < 1.29 is 9.53 Å². The van der Waals surface area contributed by atoms with Crippen molar-refractivity contribution in [3.63, 3.8) is 0 Å². The molecular formula is C20H25N5O2. The van der Waals surface area contributed by atoms with Crippen LogP contribution in [0.5, 0.6) is 5.75 Å². The number of carbonyl (C=O) groups is 1. The minimum atomic E-state index is -0.132. The molecule has 1 aromatic carbocycles. The summed E-state index contributed by atoms with van der Waals surface area (Å²) in [6, 6.07) is 8.33. The van der Waals surface area contributed by atoms with Gasteiger partial charge in [-0.15, -0.1) is 0 Å². The lowest BCUT2D eigenvalue weighted by atomic mass is 9.98. The number of methoxy groups -OCH3 is 1. The van der Waals surface area contributed by atoms with Crippen LogP contribution in [0.2, 0.25) is 0 Å². The van der Waals surface area contributed by atoms with Crippen LogP contribution in [0.4, 0.5) is 17.5 Å². The Labute approximate surface area is 159 Å². The zero-order chi connectivity index (χ0) is 19.0. The molecule has 2 aromatic rings. The Morgan fingerprint density at radius 1 is 1.15 bits per heavy atom. The fourth-order valence-electron chi connectivity index (χ4n) is 3.95. The van der Waals surface area contributed by atoms with E-state index in [1.54, 1.807) is 7.11 Å². The van der Waals surface area contributed by atoms with E-state index in [4.69, 9.17) is 14.7 Å². The van der Waals surface area contributed by atoms with E-state index >= 15 is 0 Å². The van der Waals surface area contributed by atoms with Crippen molar-refractivity contribution in [2.45, 2.75) is 51.7 Å². The van der Waals surface area contributed by atoms with Crippen molar-refractivity contribution in [1.29, 1.82) is 0 Å². The van der Waals surface area contributed by atoms with Crippen LogP contribution in [-0.4, -0.2) is 35.1 Å². The number of nitrogens with one attached hydrogen (secondary N) is 2. The third-order valence-corrected chi connectivity index (χ3v) is 5.39. The van der Waals surface area contributed by atoms with E-state index in [0.29, 0.717) is 36.0 Å². The van der Waals surface area contributed by atoms with E-state index in [-0.39, 0.29) is 5.91 Å². The fraction of sp³-hybridized carbons (Fsp3) is 0.450. The maximum atomic E-state index is 12.3. The highest BCUT2D eigenvalue weighted by molar-refractivity contribution is 6.02. The van der Waals surface area contributed by atoms with E-state index in [1.807, 2.05) is 24.3 Å². The van der Waals surface area contributed by atoms with E-state index in [2.05, 4.69) is 29.4 Å². The molecule has 1 aromatic heterocycles. The molecule has 142 valence electrons. The monoisotopic (exact) mass is 367 g/mol. The smallest absolute Gasteiger partial charge is 0.257 e. The molecule has 7 nitrogen and oxygen atoms in total. The molecule has 27 heavy (non-hydrogen) atoms. The molecule has 2 aliphatic rings. The number of rotatable bonds is 4. The molecule has 0 saturated carbocycles. The normalized spacial score (nSPS) is 21.6. The standard InChI is InChI=1S/C20H25N5O2/c1-12-5-4-6-13(2)25(12)20-23-16-11-21-19(26)17(16)18(24-20)22-14-7-9-15(27-3)10-8-14/h7-10,12-13H,4-6,11H2,1-3H3,(H,21,26)(H,22,23,24)/t12-,13+. The minimum Gasteiger partial charge on any atom is -0.497 e. The Morgan fingerprint density at radius 2 is 1.85 bits per heavy atom. The Morgan fingerprint density at radius 3 is 2.52 bits per heavy atom. The first kappa shape index (κ1) is 17.6.